The number of amides is 1. The summed E-state index contributed by atoms with van der Waals surface area (Å²) in [6, 6.07) is 9.75. The van der Waals surface area contributed by atoms with Crippen LogP contribution >= 0.6 is 0 Å². The molecule has 5 rings (SSSR count). The Labute approximate surface area is 163 Å². The van der Waals surface area contributed by atoms with Gasteiger partial charge in [-0.05, 0) is 49.4 Å². The van der Waals surface area contributed by atoms with Gasteiger partial charge in [-0.25, -0.2) is 4.98 Å². The Morgan fingerprint density at radius 3 is 2.82 bits per heavy atom. The Kier molecular flexibility index (Phi) is 4.35. The van der Waals surface area contributed by atoms with Crippen molar-refractivity contribution in [3.8, 4) is 0 Å². The Bertz CT molecular complexity index is 1030. The molecule has 1 N–H and O–H groups in total. The number of hydrogen-bond acceptors (Lipinski definition) is 6. The van der Waals surface area contributed by atoms with Gasteiger partial charge in [-0.1, -0.05) is 12.1 Å². The third-order valence-electron chi connectivity index (χ3n) is 5.57. The summed E-state index contributed by atoms with van der Waals surface area (Å²) in [5.74, 6) is 1.20. The quantitative estimate of drug-likeness (QED) is 0.753. The predicted octanol–water partition coefficient (Wildman–Crippen LogP) is 2.16. The minimum absolute atomic E-state index is 0.176. The van der Waals surface area contributed by atoms with Gasteiger partial charge in [0.05, 0.1) is 22.9 Å². The van der Waals surface area contributed by atoms with Gasteiger partial charge >= 0.3 is 0 Å². The average molecular weight is 374 g/mol. The first-order valence-corrected chi connectivity index (χ1v) is 9.87. The predicted molar refractivity (Wildman–Crippen MR) is 106 cm³/mol. The van der Waals surface area contributed by atoms with Crippen molar-refractivity contribution in [2.24, 2.45) is 5.92 Å². The number of para-hydroxylation sites is 2. The lowest BCUT2D eigenvalue weighted by atomic mass is 9.95. The number of anilines is 1. The maximum atomic E-state index is 12.4. The first-order valence-electron chi connectivity index (χ1n) is 9.87. The fraction of sp³-hybridized carbons (Fsp3) is 0.381. The molecule has 0 spiro atoms. The maximum absolute atomic E-state index is 12.4. The highest BCUT2D eigenvalue weighted by Gasteiger charge is 2.29. The fourth-order valence-electron chi connectivity index (χ4n) is 3.91. The van der Waals surface area contributed by atoms with Crippen molar-refractivity contribution in [3.05, 3.63) is 53.5 Å². The van der Waals surface area contributed by atoms with Crippen LogP contribution in [-0.2, 0) is 12.8 Å². The van der Waals surface area contributed by atoms with Gasteiger partial charge in [-0.2, -0.15) is 5.10 Å². The smallest absolute Gasteiger partial charge is 0.271 e. The van der Waals surface area contributed by atoms with Crippen LogP contribution in [0.3, 0.4) is 0 Å². The molecule has 3 heterocycles. The van der Waals surface area contributed by atoms with Crippen molar-refractivity contribution in [2.45, 2.75) is 25.7 Å². The van der Waals surface area contributed by atoms with Crippen LogP contribution in [0.1, 0.15) is 34.6 Å². The lowest BCUT2D eigenvalue weighted by Gasteiger charge is -2.40. The van der Waals surface area contributed by atoms with E-state index in [1.54, 1.807) is 0 Å². The van der Waals surface area contributed by atoms with Crippen molar-refractivity contribution in [1.82, 2.24) is 25.5 Å². The van der Waals surface area contributed by atoms with E-state index in [4.69, 9.17) is 0 Å². The highest BCUT2D eigenvalue weighted by Crippen LogP contribution is 2.26. The van der Waals surface area contributed by atoms with Crippen LogP contribution in [-0.4, -0.2) is 45.7 Å². The van der Waals surface area contributed by atoms with Gasteiger partial charge in [0, 0.05) is 25.6 Å². The molecule has 0 unspecified atom stereocenters. The molecule has 1 aromatic carbocycles. The van der Waals surface area contributed by atoms with Gasteiger partial charge in [0.1, 0.15) is 5.69 Å². The summed E-state index contributed by atoms with van der Waals surface area (Å²) in [6.45, 7) is 2.40. The van der Waals surface area contributed by atoms with Gasteiger partial charge in [0.15, 0.2) is 5.82 Å². The SMILES string of the molecule is O=C(NCC1CN(c2cc3c(nn2)CCCC3)C1)c1cnc2ccccc2n1. The molecule has 2 aliphatic rings. The van der Waals surface area contributed by atoms with Crippen LogP contribution in [0.5, 0.6) is 0 Å². The molecule has 1 aliphatic carbocycles. The second-order valence-corrected chi connectivity index (χ2v) is 7.61. The largest absolute Gasteiger partial charge is 0.354 e. The molecule has 7 heteroatoms. The van der Waals surface area contributed by atoms with Crippen LogP contribution in [0, 0.1) is 5.92 Å². The molecule has 1 fully saturated rings. The standard InChI is InChI=1S/C21H22N6O/c28-21(19-11-22-17-7-3-4-8-18(17)24-19)23-10-14-12-27(13-14)20-9-15-5-1-2-6-16(15)25-26-20/h3-4,7-9,11,14H,1-2,5-6,10,12-13H2,(H,23,28). The number of carbonyl (C=O) groups excluding carboxylic acids is 1. The lowest BCUT2D eigenvalue weighted by molar-refractivity contribution is 0.0939. The zero-order chi connectivity index (χ0) is 18.9. The van der Waals surface area contributed by atoms with Gasteiger partial charge in [-0.15, -0.1) is 5.10 Å². The molecular formula is C21H22N6O. The van der Waals surface area contributed by atoms with E-state index >= 15 is 0 Å². The molecule has 0 atom stereocenters. The Hall–Kier alpha value is -3.09. The summed E-state index contributed by atoms with van der Waals surface area (Å²) in [5, 5.41) is 11.8. The van der Waals surface area contributed by atoms with Crippen molar-refractivity contribution < 1.29 is 4.79 Å². The summed E-state index contributed by atoms with van der Waals surface area (Å²) in [6.07, 6.45) is 6.15. The summed E-state index contributed by atoms with van der Waals surface area (Å²) in [7, 11) is 0. The maximum Gasteiger partial charge on any atom is 0.271 e. The Morgan fingerprint density at radius 1 is 1.11 bits per heavy atom. The molecule has 142 valence electrons. The van der Waals surface area contributed by atoms with E-state index in [1.165, 1.54) is 24.6 Å². The molecule has 0 bridgehead atoms. The molecule has 1 saturated heterocycles. The minimum atomic E-state index is -0.176. The average Bonchev–Trinajstić information content (AvgIpc) is 2.72. The molecule has 1 amide bonds. The monoisotopic (exact) mass is 374 g/mol. The third kappa shape index (κ3) is 3.28. The molecule has 7 nitrogen and oxygen atoms in total. The highest BCUT2D eigenvalue weighted by atomic mass is 16.1. The molecular weight excluding hydrogens is 352 g/mol. The summed E-state index contributed by atoms with van der Waals surface area (Å²) in [5.41, 5.74) is 4.39. The van der Waals surface area contributed by atoms with Gasteiger partial charge in [0.2, 0.25) is 0 Å². The van der Waals surface area contributed by atoms with Crippen molar-refractivity contribution in [2.75, 3.05) is 24.5 Å². The van der Waals surface area contributed by atoms with Gasteiger partial charge < -0.3 is 10.2 Å². The number of nitrogens with zero attached hydrogens (tertiary/aromatic N) is 5. The van der Waals surface area contributed by atoms with E-state index in [1.807, 2.05) is 24.3 Å². The number of hydrogen-bond donors (Lipinski definition) is 1. The minimum Gasteiger partial charge on any atom is -0.354 e. The Balaban J connectivity index is 1.16. The number of benzene rings is 1. The van der Waals surface area contributed by atoms with E-state index in [0.717, 1.165) is 48.5 Å². The first kappa shape index (κ1) is 17.0. The van der Waals surface area contributed by atoms with Crippen LogP contribution in [0.15, 0.2) is 36.5 Å². The molecule has 3 aromatic rings. The van der Waals surface area contributed by atoms with Gasteiger partial charge in [0.25, 0.3) is 5.91 Å². The normalized spacial score (nSPS) is 16.5. The third-order valence-corrected chi connectivity index (χ3v) is 5.57. The van der Waals surface area contributed by atoms with Crippen molar-refractivity contribution >= 4 is 22.8 Å². The summed E-state index contributed by atoms with van der Waals surface area (Å²) < 4.78 is 0. The fourth-order valence-corrected chi connectivity index (χ4v) is 3.91. The molecule has 0 radical (unpaired) electrons. The van der Waals surface area contributed by atoms with E-state index in [-0.39, 0.29) is 5.91 Å². The summed E-state index contributed by atoms with van der Waals surface area (Å²) >= 11 is 0. The van der Waals surface area contributed by atoms with Crippen LogP contribution in [0.4, 0.5) is 5.82 Å². The second kappa shape index (κ2) is 7.14. The van der Waals surface area contributed by atoms with Crippen LogP contribution < -0.4 is 10.2 Å². The van der Waals surface area contributed by atoms with Crippen LogP contribution in [0.2, 0.25) is 0 Å². The van der Waals surface area contributed by atoms with Gasteiger partial charge in [-0.3, -0.25) is 9.78 Å². The van der Waals surface area contributed by atoms with E-state index in [0.29, 0.717) is 18.2 Å². The molecule has 28 heavy (non-hydrogen) atoms. The molecule has 2 aromatic heterocycles. The lowest BCUT2D eigenvalue weighted by Crippen LogP contribution is -2.52. The number of fused-ring (bicyclic) bond motifs is 2. The zero-order valence-electron chi connectivity index (χ0n) is 15.6. The first-order chi connectivity index (χ1) is 13.8. The summed E-state index contributed by atoms with van der Waals surface area (Å²) in [4.78, 5) is 23.3. The number of aromatic nitrogens is 4. The molecule has 1 aliphatic heterocycles. The second-order valence-electron chi connectivity index (χ2n) is 7.61. The topological polar surface area (TPSA) is 83.9 Å². The van der Waals surface area contributed by atoms with E-state index < -0.39 is 0 Å². The number of nitrogens with one attached hydrogen (secondary N) is 1. The highest BCUT2D eigenvalue weighted by molar-refractivity contribution is 5.93. The van der Waals surface area contributed by atoms with Crippen LogP contribution in [0.25, 0.3) is 11.0 Å². The van der Waals surface area contributed by atoms with E-state index in [2.05, 4.69) is 36.4 Å². The van der Waals surface area contributed by atoms with Crippen molar-refractivity contribution in [3.63, 3.8) is 0 Å². The molecule has 0 saturated carbocycles. The number of aryl methyl sites for hydroxylation is 2. The number of carbonyl (C=O) groups is 1. The Morgan fingerprint density at radius 2 is 1.93 bits per heavy atom. The van der Waals surface area contributed by atoms with E-state index in [9.17, 15) is 4.79 Å². The number of rotatable bonds is 4. The zero-order valence-corrected chi connectivity index (χ0v) is 15.6. The van der Waals surface area contributed by atoms with Crippen molar-refractivity contribution in [1.29, 1.82) is 0 Å².